The lowest BCUT2D eigenvalue weighted by atomic mass is 10.2. The summed E-state index contributed by atoms with van der Waals surface area (Å²) in [6, 6.07) is 14.0. The molecule has 0 radical (unpaired) electrons. The van der Waals surface area contributed by atoms with Crippen LogP contribution in [0.2, 0.25) is 0 Å². The van der Waals surface area contributed by atoms with Crippen molar-refractivity contribution in [3.63, 3.8) is 0 Å². The quantitative estimate of drug-likeness (QED) is 0.382. The number of hydrogen-bond donors (Lipinski definition) is 2. The number of aliphatic imine (C=N–C) groups is 1. The number of rotatable bonds is 7. The normalized spacial score (nSPS) is 11.0. The first-order chi connectivity index (χ1) is 11.7. The first kappa shape index (κ1) is 21.2. The van der Waals surface area contributed by atoms with Crippen molar-refractivity contribution in [2.24, 2.45) is 10.9 Å². The molecule has 0 bridgehead atoms. The molecule has 0 unspecified atom stereocenters. The van der Waals surface area contributed by atoms with E-state index < -0.39 is 0 Å². The highest BCUT2D eigenvalue weighted by molar-refractivity contribution is 14.0. The molecule has 25 heavy (non-hydrogen) atoms. The monoisotopic (exact) mass is 454 g/mol. The Balaban J connectivity index is 0.00000312. The second-order valence-electron chi connectivity index (χ2n) is 5.98. The Kier molecular flexibility index (Phi) is 9.91. The minimum atomic E-state index is 0. The summed E-state index contributed by atoms with van der Waals surface area (Å²) in [5.74, 6) is 2.00. The molecule has 0 aliphatic carbocycles. The van der Waals surface area contributed by atoms with Crippen LogP contribution in [0, 0.1) is 5.92 Å². The van der Waals surface area contributed by atoms with E-state index in [1.54, 1.807) is 13.2 Å². The standard InChI is InChI=1S/C19H26N4O.HI/c1-15(2)12-22-19(20-3)23-13-17-9-10-21-18(11-17)24-14-16-7-5-4-6-8-16;/h4-11,15H,12-14H2,1-3H3,(H2,20,22,23);1H. The van der Waals surface area contributed by atoms with Gasteiger partial charge in [-0.05, 0) is 23.1 Å². The first-order valence-electron chi connectivity index (χ1n) is 8.23. The average Bonchev–Trinajstić information content (AvgIpc) is 2.61. The van der Waals surface area contributed by atoms with Gasteiger partial charge in [0.15, 0.2) is 5.96 Å². The number of halogens is 1. The van der Waals surface area contributed by atoms with Crippen molar-refractivity contribution in [1.29, 1.82) is 0 Å². The molecule has 0 fully saturated rings. The summed E-state index contributed by atoms with van der Waals surface area (Å²) in [6.45, 7) is 6.41. The molecule has 136 valence electrons. The van der Waals surface area contributed by atoms with E-state index in [1.807, 2.05) is 42.5 Å². The van der Waals surface area contributed by atoms with E-state index in [9.17, 15) is 0 Å². The molecule has 6 heteroatoms. The van der Waals surface area contributed by atoms with Gasteiger partial charge in [-0.3, -0.25) is 4.99 Å². The van der Waals surface area contributed by atoms with E-state index >= 15 is 0 Å². The fourth-order valence-corrected chi connectivity index (χ4v) is 2.08. The average molecular weight is 454 g/mol. The van der Waals surface area contributed by atoms with Gasteiger partial charge >= 0.3 is 0 Å². The maximum Gasteiger partial charge on any atom is 0.213 e. The largest absolute Gasteiger partial charge is 0.473 e. The predicted molar refractivity (Wildman–Crippen MR) is 113 cm³/mol. The molecule has 0 spiro atoms. The topological polar surface area (TPSA) is 58.5 Å². The SMILES string of the molecule is CN=C(NCc1ccnc(OCc2ccccc2)c1)NCC(C)C.I. The molecule has 2 rings (SSSR count). The summed E-state index contributed by atoms with van der Waals surface area (Å²) in [7, 11) is 1.77. The Labute approximate surface area is 167 Å². The lowest BCUT2D eigenvalue weighted by Crippen LogP contribution is -2.38. The summed E-state index contributed by atoms with van der Waals surface area (Å²) < 4.78 is 5.76. The fourth-order valence-electron chi connectivity index (χ4n) is 2.08. The fraction of sp³-hybridized carbons (Fsp3) is 0.368. The smallest absolute Gasteiger partial charge is 0.213 e. The lowest BCUT2D eigenvalue weighted by molar-refractivity contribution is 0.293. The molecule has 2 N–H and O–H groups in total. The third-order valence-corrected chi connectivity index (χ3v) is 3.39. The van der Waals surface area contributed by atoms with Gasteiger partial charge in [0.1, 0.15) is 6.61 Å². The Morgan fingerprint density at radius 2 is 1.88 bits per heavy atom. The van der Waals surface area contributed by atoms with Crippen molar-refractivity contribution in [3.05, 3.63) is 59.8 Å². The molecule has 0 atom stereocenters. The number of hydrogen-bond acceptors (Lipinski definition) is 3. The lowest BCUT2D eigenvalue weighted by Gasteiger charge is -2.13. The highest BCUT2D eigenvalue weighted by Crippen LogP contribution is 2.11. The van der Waals surface area contributed by atoms with Gasteiger partial charge in [0, 0.05) is 32.4 Å². The van der Waals surface area contributed by atoms with Crippen LogP contribution in [0.15, 0.2) is 53.7 Å². The Hall–Kier alpha value is -1.83. The molecule has 2 aromatic rings. The highest BCUT2D eigenvalue weighted by Gasteiger charge is 2.02. The summed E-state index contributed by atoms with van der Waals surface area (Å²) in [5, 5.41) is 6.59. The molecule has 1 heterocycles. The van der Waals surface area contributed by atoms with Gasteiger partial charge in [0.25, 0.3) is 0 Å². The molecule has 1 aromatic heterocycles. The first-order valence-corrected chi connectivity index (χ1v) is 8.23. The number of pyridine rings is 1. The van der Waals surface area contributed by atoms with Crippen LogP contribution in [-0.2, 0) is 13.2 Å². The summed E-state index contributed by atoms with van der Waals surface area (Å²) in [6.07, 6.45) is 1.77. The van der Waals surface area contributed by atoms with Crippen LogP contribution in [0.3, 0.4) is 0 Å². The third kappa shape index (κ3) is 8.20. The van der Waals surface area contributed by atoms with Crippen LogP contribution >= 0.6 is 24.0 Å². The molecule has 1 aromatic carbocycles. The van der Waals surface area contributed by atoms with Crippen LogP contribution < -0.4 is 15.4 Å². The maximum absolute atomic E-state index is 5.76. The Morgan fingerprint density at radius 3 is 2.56 bits per heavy atom. The molecule has 0 aliphatic heterocycles. The number of aromatic nitrogens is 1. The number of ether oxygens (including phenoxy) is 1. The van der Waals surface area contributed by atoms with Crippen molar-refractivity contribution in [2.75, 3.05) is 13.6 Å². The summed E-state index contributed by atoms with van der Waals surface area (Å²) in [5.41, 5.74) is 2.22. The van der Waals surface area contributed by atoms with E-state index in [0.29, 0.717) is 24.9 Å². The molecule has 0 saturated heterocycles. The van der Waals surface area contributed by atoms with Gasteiger partial charge in [0.05, 0.1) is 0 Å². The van der Waals surface area contributed by atoms with Gasteiger partial charge in [-0.2, -0.15) is 0 Å². The summed E-state index contributed by atoms with van der Waals surface area (Å²) >= 11 is 0. The molecule has 0 saturated carbocycles. The van der Waals surface area contributed by atoms with Gasteiger partial charge in [-0.25, -0.2) is 4.98 Å². The molecular formula is C19H27IN4O. The van der Waals surface area contributed by atoms with Crippen molar-refractivity contribution in [2.45, 2.75) is 27.0 Å². The van der Waals surface area contributed by atoms with Crippen LogP contribution in [-0.4, -0.2) is 24.5 Å². The zero-order valence-corrected chi connectivity index (χ0v) is 17.4. The van der Waals surface area contributed by atoms with Gasteiger partial charge in [-0.15, -0.1) is 24.0 Å². The zero-order chi connectivity index (χ0) is 17.2. The van der Waals surface area contributed by atoms with Gasteiger partial charge < -0.3 is 15.4 Å². The van der Waals surface area contributed by atoms with Crippen molar-refractivity contribution >= 4 is 29.9 Å². The van der Waals surface area contributed by atoms with E-state index in [0.717, 1.165) is 23.6 Å². The van der Waals surface area contributed by atoms with Crippen LogP contribution in [0.4, 0.5) is 0 Å². The molecule has 5 nitrogen and oxygen atoms in total. The number of guanidine groups is 1. The molecule has 0 amide bonds. The Bertz CT molecular complexity index is 647. The second kappa shape index (κ2) is 11.7. The minimum Gasteiger partial charge on any atom is -0.473 e. The predicted octanol–water partition coefficient (Wildman–Crippen LogP) is 3.60. The van der Waals surface area contributed by atoms with Crippen LogP contribution in [0.5, 0.6) is 5.88 Å². The van der Waals surface area contributed by atoms with E-state index in [-0.39, 0.29) is 24.0 Å². The summed E-state index contributed by atoms with van der Waals surface area (Å²) in [4.78, 5) is 8.49. The maximum atomic E-state index is 5.76. The molecule has 0 aliphatic rings. The van der Waals surface area contributed by atoms with E-state index in [4.69, 9.17) is 4.74 Å². The highest BCUT2D eigenvalue weighted by atomic mass is 127. The number of nitrogens with one attached hydrogen (secondary N) is 2. The van der Waals surface area contributed by atoms with E-state index in [2.05, 4.69) is 34.5 Å². The minimum absolute atomic E-state index is 0. The van der Waals surface area contributed by atoms with E-state index in [1.165, 1.54) is 0 Å². The van der Waals surface area contributed by atoms with Crippen LogP contribution in [0.25, 0.3) is 0 Å². The van der Waals surface area contributed by atoms with Gasteiger partial charge in [-0.1, -0.05) is 44.2 Å². The van der Waals surface area contributed by atoms with Crippen LogP contribution in [0.1, 0.15) is 25.0 Å². The second-order valence-corrected chi connectivity index (χ2v) is 5.98. The number of nitrogens with zero attached hydrogens (tertiary/aromatic N) is 2. The van der Waals surface area contributed by atoms with Crippen molar-refractivity contribution in [3.8, 4) is 5.88 Å². The Morgan fingerprint density at radius 1 is 1.12 bits per heavy atom. The van der Waals surface area contributed by atoms with Crippen molar-refractivity contribution in [1.82, 2.24) is 15.6 Å². The molecular weight excluding hydrogens is 427 g/mol. The third-order valence-electron chi connectivity index (χ3n) is 3.39. The van der Waals surface area contributed by atoms with Crippen molar-refractivity contribution < 1.29 is 4.74 Å². The van der Waals surface area contributed by atoms with Gasteiger partial charge in [0.2, 0.25) is 5.88 Å². The zero-order valence-electron chi connectivity index (χ0n) is 15.0. The number of benzene rings is 1.